The first-order valence-electron chi connectivity index (χ1n) is 6.85. The van der Waals surface area contributed by atoms with Gasteiger partial charge in [0.05, 0.1) is 11.8 Å². The minimum atomic E-state index is -0.0843. The third-order valence-electron chi connectivity index (χ3n) is 4.23. The van der Waals surface area contributed by atoms with Crippen LogP contribution in [0.25, 0.3) is 0 Å². The largest absolute Gasteiger partial charge is 0.505 e. The maximum Gasteiger partial charge on any atom is 0.258 e. The first kappa shape index (κ1) is 12.4. The molecule has 2 saturated heterocycles. The van der Waals surface area contributed by atoms with E-state index in [1.807, 2.05) is 4.90 Å². The van der Waals surface area contributed by atoms with Crippen LogP contribution in [0, 0.1) is 0 Å². The summed E-state index contributed by atoms with van der Waals surface area (Å²) in [7, 11) is 0. The van der Waals surface area contributed by atoms with Crippen LogP contribution < -0.4 is 0 Å². The summed E-state index contributed by atoms with van der Waals surface area (Å²) in [4.78, 5) is 20.7. The van der Waals surface area contributed by atoms with Crippen molar-refractivity contribution >= 4 is 5.91 Å². The van der Waals surface area contributed by atoms with Gasteiger partial charge in [-0.1, -0.05) is 0 Å². The summed E-state index contributed by atoms with van der Waals surface area (Å²) in [6.07, 6.45) is 5.26. The van der Waals surface area contributed by atoms with E-state index in [1.54, 1.807) is 12.3 Å². The van der Waals surface area contributed by atoms with Gasteiger partial charge in [0.1, 0.15) is 5.75 Å². The van der Waals surface area contributed by atoms with E-state index in [2.05, 4.69) is 16.8 Å². The molecule has 1 amide bonds. The van der Waals surface area contributed by atoms with Gasteiger partial charge >= 0.3 is 0 Å². The minimum Gasteiger partial charge on any atom is -0.505 e. The Balaban J connectivity index is 1.81. The number of piperazine rings is 1. The van der Waals surface area contributed by atoms with Crippen molar-refractivity contribution in [1.29, 1.82) is 0 Å². The molecule has 1 aromatic rings. The van der Waals surface area contributed by atoms with Crippen LogP contribution in [0.1, 0.15) is 30.1 Å². The van der Waals surface area contributed by atoms with Crippen molar-refractivity contribution < 1.29 is 9.90 Å². The van der Waals surface area contributed by atoms with Gasteiger partial charge < -0.3 is 10.0 Å². The molecule has 2 atom stereocenters. The predicted molar refractivity (Wildman–Crippen MR) is 71.0 cm³/mol. The Labute approximate surface area is 112 Å². The minimum absolute atomic E-state index is 0.0337. The molecule has 0 aliphatic carbocycles. The van der Waals surface area contributed by atoms with E-state index in [-0.39, 0.29) is 17.7 Å². The summed E-state index contributed by atoms with van der Waals surface area (Å²) >= 11 is 0. The molecular weight excluding hydrogens is 242 g/mol. The zero-order chi connectivity index (χ0) is 13.4. The van der Waals surface area contributed by atoms with Crippen molar-refractivity contribution in [2.45, 2.75) is 31.8 Å². The Bertz CT molecular complexity index is 491. The van der Waals surface area contributed by atoms with E-state index in [0.29, 0.717) is 11.6 Å². The van der Waals surface area contributed by atoms with Gasteiger partial charge in [0.15, 0.2) is 0 Å². The number of pyridine rings is 1. The van der Waals surface area contributed by atoms with Crippen LogP contribution in [0.2, 0.25) is 0 Å². The first-order valence-corrected chi connectivity index (χ1v) is 6.85. The highest BCUT2D eigenvalue weighted by molar-refractivity contribution is 5.96. The lowest BCUT2D eigenvalue weighted by Crippen LogP contribution is -2.56. The zero-order valence-electron chi connectivity index (χ0n) is 11.1. The maximum atomic E-state index is 12.5. The lowest BCUT2D eigenvalue weighted by molar-refractivity contribution is 0.0393. The molecular formula is C14H19N3O2. The fourth-order valence-electron chi connectivity index (χ4n) is 3.19. The Hall–Kier alpha value is -1.62. The molecule has 3 rings (SSSR count). The number of carbonyl (C=O) groups excluding carboxylic acids is 1. The van der Waals surface area contributed by atoms with Gasteiger partial charge in [-0.25, -0.2) is 0 Å². The Morgan fingerprint density at radius 1 is 1.47 bits per heavy atom. The SMILES string of the molecule is CC1CN2CCCC2CN1C(=O)c1ccncc1O. The number of hydrogen-bond donors (Lipinski definition) is 1. The van der Waals surface area contributed by atoms with Gasteiger partial charge in [-0.2, -0.15) is 0 Å². The normalized spacial score (nSPS) is 27.3. The first-order chi connectivity index (χ1) is 9.16. The molecule has 102 valence electrons. The monoisotopic (exact) mass is 261 g/mol. The smallest absolute Gasteiger partial charge is 0.258 e. The average molecular weight is 261 g/mol. The molecule has 5 heteroatoms. The van der Waals surface area contributed by atoms with Crippen molar-refractivity contribution in [3.05, 3.63) is 24.0 Å². The number of nitrogens with zero attached hydrogens (tertiary/aromatic N) is 3. The van der Waals surface area contributed by atoms with Crippen molar-refractivity contribution in [2.75, 3.05) is 19.6 Å². The molecule has 2 aliphatic rings. The fraction of sp³-hybridized carbons (Fsp3) is 0.571. The number of carbonyl (C=O) groups is 1. The fourth-order valence-corrected chi connectivity index (χ4v) is 3.19. The maximum absolute atomic E-state index is 12.5. The number of aromatic hydroxyl groups is 1. The third kappa shape index (κ3) is 2.18. The molecule has 2 unspecified atom stereocenters. The molecule has 0 saturated carbocycles. The van der Waals surface area contributed by atoms with E-state index >= 15 is 0 Å². The van der Waals surface area contributed by atoms with Crippen molar-refractivity contribution in [2.24, 2.45) is 0 Å². The average Bonchev–Trinajstić information content (AvgIpc) is 2.84. The van der Waals surface area contributed by atoms with Gasteiger partial charge in [0.25, 0.3) is 5.91 Å². The molecule has 3 heterocycles. The highest BCUT2D eigenvalue weighted by Crippen LogP contribution is 2.27. The molecule has 0 aromatic carbocycles. The van der Waals surface area contributed by atoms with Gasteiger partial charge in [0, 0.05) is 31.4 Å². The second-order valence-electron chi connectivity index (χ2n) is 5.49. The summed E-state index contributed by atoms with van der Waals surface area (Å²) in [6.45, 7) is 4.92. The number of fused-ring (bicyclic) bond motifs is 1. The highest BCUT2D eigenvalue weighted by Gasteiger charge is 2.37. The Kier molecular flexibility index (Phi) is 3.14. The summed E-state index contributed by atoms with van der Waals surface area (Å²) in [5.74, 6) is -0.118. The van der Waals surface area contributed by atoms with Crippen LogP contribution in [0.3, 0.4) is 0 Å². The lowest BCUT2D eigenvalue weighted by atomic mass is 10.1. The van der Waals surface area contributed by atoms with Gasteiger partial charge in [-0.15, -0.1) is 0 Å². The van der Waals surface area contributed by atoms with Crippen LogP contribution in [0.4, 0.5) is 0 Å². The van der Waals surface area contributed by atoms with Crippen LogP contribution >= 0.6 is 0 Å². The molecule has 1 aromatic heterocycles. The predicted octanol–water partition coefficient (Wildman–Crippen LogP) is 1.10. The lowest BCUT2D eigenvalue weighted by Gasteiger charge is -2.42. The summed E-state index contributed by atoms with van der Waals surface area (Å²) < 4.78 is 0. The molecule has 0 spiro atoms. The summed E-state index contributed by atoms with van der Waals surface area (Å²) in [5, 5.41) is 9.76. The third-order valence-corrected chi connectivity index (χ3v) is 4.23. The van der Waals surface area contributed by atoms with E-state index in [1.165, 1.54) is 19.0 Å². The van der Waals surface area contributed by atoms with Crippen LogP contribution in [-0.2, 0) is 0 Å². The van der Waals surface area contributed by atoms with Gasteiger partial charge in [-0.3, -0.25) is 14.7 Å². The standard InChI is InChI=1S/C14H19N3O2/c1-10-8-16-6-2-3-11(16)9-17(10)14(19)12-4-5-15-7-13(12)18/h4-5,7,10-11,18H,2-3,6,8-9H2,1H3. The van der Waals surface area contributed by atoms with E-state index in [9.17, 15) is 9.90 Å². The Morgan fingerprint density at radius 2 is 2.32 bits per heavy atom. The zero-order valence-corrected chi connectivity index (χ0v) is 11.1. The van der Waals surface area contributed by atoms with Crippen molar-refractivity contribution in [3.8, 4) is 5.75 Å². The molecule has 2 fully saturated rings. The molecule has 5 nitrogen and oxygen atoms in total. The highest BCUT2D eigenvalue weighted by atomic mass is 16.3. The van der Waals surface area contributed by atoms with Crippen molar-refractivity contribution in [3.63, 3.8) is 0 Å². The van der Waals surface area contributed by atoms with Crippen LogP contribution in [0.5, 0.6) is 5.75 Å². The molecule has 0 radical (unpaired) electrons. The topological polar surface area (TPSA) is 56.7 Å². The van der Waals surface area contributed by atoms with Crippen molar-refractivity contribution in [1.82, 2.24) is 14.8 Å². The van der Waals surface area contributed by atoms with Gasteiger partial charge in [-0.05, 0) is 32.4 Å². The van der Waals surface area contributed by atoms with E-state index < -0.39 is 0 Å². The van der Waals surface area contributed by atoms with Gasteiger partial charge in [0.2, 0.25) is 0 Å². The molecule has 0 bridgehead atoms. The number of amides is 1. The summed E-state index contributed by atoms with van der Waals surface area (Å²) in [5.41, 5.74) is 0.355. The summed E-state index contributed by atoms with van der Waals surface area (Å²) in [6, 6.07) is 2.27. The number of aromatic nitrogens is 1. The van der Waals surface area contributed by atoms with E-state index in [0.717, 1.165) is 19.6 Å². The molecule has 1 N–H and O–H groups in total. The Morgan fingerprint density at radius 3 is 3.11 bits per heavy atom. The second kappa shape index (κ2) is 4.81. The molecule has 2 aliphatic heterocycles. The van der Waals surface area contributed by atoms with Crippen LogP contribution in [-0.4, -0.2) is 57.5 Å². The molecule has 19 heavy (non-hydrogen) atoms. The quantitative estimate of drug-likeness (QED) is 0.822. The second-order valence-corrected chi connectivity index (χ2v) is 5.49. The van der Waals surface area contributed by atoms with E-state index in [4.69, 9.17) is 0 Å². The number of hydrogen-bond acceptors (Lipinski definition) is 4. The van der Waals surface area contributed by atoms with Crippen LogP contribution in [0.15, 0.2) is 18.5 Å². The number of rotatable bonds is 1.